The Morgan fingerprint density at radius 3 is 2.83 bits per heavy atom. The molecule has 66 valence electrons. The molecule has 2 aliphatic rings. The minimum absolute atomic E-state index is 0.663. The molecule has 0 aliphatic carbocycles. The first-order valence-corrected chi connectivity index (χ1v) is 4.63. The van der Waals surface area contributed by atoms with Crippen LogP contribution in [0.25, 0.3) is 0 Å². The SMILES string of the molecule is C1=CNC(C2CCNCC2)=NC1. The van der Waals surface area contributed by atoms with E-state index in [0.29, 0.717) is 5.92 Å². The minimum atomic E-state index is 0.663. The second kappa shape index (κ2) is 3.72. The van der Waals surface area contributed by atoms with Gasteiger partial charge in [-0.25, -0.2) is 0 Å². The van der Waals surface area contributed by atoms with Crippen LogP contribution in [0.3, 0.4) is 0 Å². The van der Waals surface area contributed by atoms with Crippen molar-refractivity contribution in [1.82, 2.24) is 10.6 Å². The summed E-state index contributed by atoms with van der Waals surface area (Å²) in [5.74, 6) is 1.86. The average Bonchev–Trinajstić information content (AvgIpc) is 2.21. The number of aliphatic imine (C=N–C) groups is 1. The van der Waals surface area contributed by atoms with Crippen LogP contribution in [0.1, 0.15) is 12.8 Å². The largest absolute Gasteiger partial charge is 0.350 e. The van der Waals surface area contributed by atoms with E-state index in [2.05, 4.69) is 15.6 Å². The molecule has 2 N–H and O–H groups in total. The Labute approximate surface area is 73.0 Å². The van der Waals surface area contributed by atoms with Gasteiger partial charge in [-0.15, -0.1) is 0 Å². The molecule has 0 saturated carbocycles. The second-order valence-corrected chi connectivity index (χ2v) is 3.30. The van der Waals surface area contributed by atoms with Gasteiger partial charge in [0.05, 0.1) is 6.54 Å². The van der Waals surface area contributed by atoms with E-state index in [1.165, 1.54) is 18.7 Å². The molecule has 0 radical (unpaired) electrons. The van der Waals surface area contributed by atoms with Crippen LogP contribution in [-0.2, 0) is 0 Å². The Hall–Kier alpha value is -0.830. The molecule has 0 aromatic heterocycles. The Morgan fingerprint density at radius 1 is 1.33 bits per heavy atom. The lowest BCUT2D eigenvalue weighted by atomic mass is 9.96. The van der Waals surface area contributed by atoms with Gasteiger partial charge < -0.3 is 10.6 Å². The number of hydrogen-bond donors (Lipinski definition) is 2. The van der Waals surface area contributed by atoms with Crippen molar-refractivity contribution in [3.8, 4) is 0 Å². The fourth-order valence-corrected chi connectivity index (χ4v) is 1.74. The molecule has 0 bridgehead atoms. The summed E-state index contributed by atoms with van der Waals surface area (Å²) in [6.07, 6.45) is 6.49. The molecule has 2 heterocycles. The van der Waals surface area contributed by atoms with Gasteiger partial charge in [0, 0.05) is 5.92 Å². The molecule has 1 saturated heterocycles. The average molecular weight is 165 g/mol. The molecule has 2 rings (SSSR count). The summed E-state index contributed by atoms with van der Waals surface area (Å²) < 4.78 is 0. The van der Waals surface area contributed by atoms with E-state index < -0.39 is 0 Å². The van der Waals surface area contributed by atoms with Gasteiger partial charge in [0.1, 0.15) is 5.84 Å². The Morgan fingerprint density at radius 2 is 2.17 bits per heavy atom. The van der Waals surface area contributed by atoms with Crippen LogP contribution >= 0.6 is 0 Å². The number of piperidine rings is 1. The van der Waals surface area contributed by atoms with E-state index in [1.807, 2.05) is 12.3 Å². The first-order chi connectivity index (χ1) is 5.97. The van der Waals surface area contributed by atoms with Crippen molar-refractivity contribution in [1.29, 1.82) is 0 Å². The lowest BCUT2D eigenvalue weighted by Crippen LogP contribution is -2.37. The monoisotopic (exact) mass is 165 g/mol. The van der Waals surface area contributed by atoms with E-state index in [9.17, 15) is 0 Å². The van der Waals surface area contributed by atoms with Gasteiger partial charge >= 0.3 is 0 Å². The first-order valence-electron chi connectivity index (χ1n) is 4.63. The molecule has 0 aromatic carbocycles. The van der Waals surface area contributed by atoms with Gasteiger partial charge in [0.25, 0.3) is 0 Å². The van der Waals surface area contributed by atoms with Crippen LogP contribution in [0, 0.1) is 5.92 Å². The van der Waals surface area contributed by atoms with E-state index in [0.717, 1.165) is 19.6 Å². The highest BCUT2D eigenvalue weighted by atomic mass is 15.0. The molecule has 3 nitrogen and oxygen atoms in total. The predicted octanol–water partition coefficient (Wildman–Crippen LogP) is 0.501. The Bertz CT molecular complexity index is 202. The van der Waals surface area contributed by atoms with Crippen LogP contribution < -0.4 is 10.6 Å². The Kier molecular flexibility index (Phi) is 2.42. The summed E-state index contributed by atoms with van der Waals surface area (Å²) in [6.45, 7) is 3.12. The van der Waals surface area contributed by atoms with Gasteiger partial charge in [0.15, 0.2) is 0 Å². The minimum Gasteiger partial charge on any atom is -0.350 e. The molecule has 12 heavy (non-hydrogen) atoms. The summed E-state index contributed by atoms with van der Waals surface area (Å²) in [5, 5.41) is 6.58. The molecular formula is C9H15N3. The van der Waals surface area contributed by atoms with Crippen molar-refractivity contribution in [2.75, 3.05) is 19.6 Å². The second-order valence-electron chi connectivity index (χ2n) is 3.30. The summed E-state index contributed by atoms with van der Waals surface area (Å²) >= 11 is 0. The number of nitrogens with zero attached hydrogens (tertiary/aromatic N) is 1. The summed E-state index contributed by atoms with van der Waals surface area (Å²) in [4.78, 5) is 4.44. The lowest BCUT2D eigenvalue weighted by Gasteiger charge is -2.25. The van der Waals surface area contributed by atoms with Gasteiger partial charge in [0.2, 0.25) is 0 Å². The molecule has 0 unspecified atom stereocenters. The number of rotatable bonds is 1. The smallest absolute Gasteiger partial charge is 0.104 e. The van der Waals surface area contributed by atoms with Crippen molar-refractivity contribution < 1.29 is 0 Å². The molecule has 3 heteroatoms. The molecular weight excluding hydrogens is 150 g/mol. The van der Waals surface area contributed by atoms with Gasteiger partial charge in [-0.05, 0) is 38.2 Å². The van der Waals surface area contributed by atoms with Crippen LogP contribution in [0.2, 0.25) is 0 Å². The van der Waals surface area contributed by atoms with Crippen molar-refractivity contribution in [2.24, 2.45) is 10.9 Å². The summed E-state index contributed by atoms with van der Waals surface area (Å²) in [5.41, 5.74) is 0. The third kappa shape index (κ3) is 1.67. The topological polar surface area (TPSA) is 36.4 Å². The fourth-order valence-electron chi connectivity index (χ4n) is 1.74. The summed E-state index contributed by atoms with van der Waals surface area (Å²) in [6, 6.07) is 0. The number of hydrogen-bond acceptors (Lipinski definition) is 3. The number of amidine groups is 1. The van der Waals surface area contributed by atoms with Gasteiger partial charge in [-0.2, -0.15) is 0 Å². The summed E-state index contributed by atoms with van der Waals surface area (Å²) in [7, 11) is 0. The standard InChI is InChI=1S/C9H15N3/c1-4-11-9(12-5-1)8-2-6-10-7-3-8/h1,4,8,10H,2-3,5-7H2,(H,11,12). The lowest BCUT2D eigenvalue weighted by molar-refractivity contribution is 0.450. The van der Waals surface area contributed by atoms with Crippen molar-refractivity contribution >= 4 is 5.84 Å². The third-order valence-corrected chi connectivity index (χ3v) is 2.44. The molecule has 2 aliphatic heterocycles. The molecule has 0 amide bonds. The zero-order chi connectivity index (χ0) is 8.23. The molecule has 0 aromatic rings. The van der Waals surface area contributed by atoms with Crippen LogP contribution in [0.4, 0.5) is 0 Å². The van der Waals surface area contributed by atoms with E-state index in [-0.39, 0.29) is 0 Å². The van der Waals surface area contributed by atoms with Gasteiger partial charge in [-0.1, -0.05) is 0 Å². The maximum Gasteiger partial charge on any atom is 0.104 e. The highest BCUT2D eigenvalue weighted by Crippen LogP contribution is 2.13. The highest BCUT2D eigenvalue weighted by molar-refractivity contribution is 5.86. The molecule has 1 fully saturated rings. The van der Waals surface area contributed by atoms with E-state index in [1.54, 1.807) is 0 Å². The van der Waals surface area contributed by atoms with Gasteiger partial charge in [-0.3, -0.25) is 4.99 Å². The quantitative estimate of drug-likeness (QED) is 0.593. The first kappa shape index (κ1) is 7.80. The zero-order valence-corrected chi connectivity index (χ0v) is 7.21. The zero-order valence-electron chi connectivity index (χ0n) is 7.21. The van der Waals surface area contributed by atoms with Crippen molar-refractivity contribution in [2.45, 2.75) is 12.8 Å². The van der Waals surface area contributed by atoms with E-state index >= 15 is 0 Å². The maximum atomic E-state index is 4.44. The predicted molar refractivity (Wildman–Crippen MR) is 50.2 cm³/mol. The third-order valence-electron chi connectivity index (χ3n) is 2.44. The normalized spacial score (nSPS) is 24.8. The maximum absolute atomic E-state index is 4.44. The molecule has 0 atom stereocenters. The highest BCUT2D eigenvalue weighted by Gasteiger charge is 2.18. The van der Waals surface area contributed by atoms with Crippen LogP contribution in [0.5, 0.6) is 0 Å². The Balaban J connectivity index is 1.93. The van der Waals surface area contributed by atoms with Crippen molar-refractivity contribution in [3.05, 3.63) is 12.3 Å². The van der Waals surface area contributed by atoms with Crippen LogP contribution in [-0.4, -0.2) is 25.5 Å². The molecule has 0 spiro atoms. The van der Waals surface area contributed by atoms with Crippen LogP contribution in [0.15, 0.2) is 17.3 Å². The fraction of sp³-hybridized carbons (Fsp3) is 0.667. The van der Waals surface area contributed by atoms with E-state index in [4.69, 9.17) is 0 Å². The number of nitrogens with one attached hydrogen (secondary N) is 2. The van der Waals surface area contributed by atoms with Crippen molar-refractivity contribution in [3.63, 3.8) is 0 Å².